The first-order chi connectivity index (χ1) is 12.1. The van der Waals surface area contributed by atoms with Crippen LogP contribution in [-0.2, 0) is 0 Å². The molecular weight excluding hydrogens is 321 g/mol. The number of fused-ring (bicyclic) bond motifs is 3. The number of hydrogen-bond acceptors (Lipinski definition) is 4. The summed E-state index contributed by atoms with van der Waals surface area (Å²) < 4.78 is 15.7. The average Bonchev–Trinajstić information content (AvgIpc) is 3.16. The molecule has 0 radical (unpaired) electrons. The third kappa shape index (κ3) is 2.44. The number of rotatable bonds is 4. The molecule has 6 nitrogen and oxygen atoms in total. The number of pyridine rings is 1. The Kier molecular flexibility index (Phi) is 3.65. The molecule has 0 spiro atoms. The van der Waals surface area contributed by atoms with E-state index in [4.69, 9.17) is 5.11 Å². The number of halogens is 1. The normalized spacial score (nSPS) is 11.5. The molecule has 25 heavy (non-hydrogen) atoms. The van der Waals surface area contributed by atoms with Crippen molar-refractivity contribution < 1.29 is 9.50 Å². The number of likely N-dealkylation sites (N-methyl/N-ethyl adjacent to an activating group) is 1. The van der Waals surface area contributed by atoms with Crippen LogP contribution in [0.3, 0.4) is 0 Å². The highest BCUT2D eigenvalue weighted by Gasteiger charge is 2.16. The SMILES string of the molecule is Cc1cc(N(C)CCO)ncc1-n1c2ccc(F)cc2c2[nH]ncc21. The summed E-state index contributed by atoms with van der Waals surface area (Å²) in [5.41, 5.74) is 4.51. The first-order valence-electron chi connectivity index (χ1n) is 8.02. The highest BCUT2D eigenvalue weighted by Crippen LogP contribution is 2.32. The first kappa shape index (κ1) is 15.6. The lowest BCUT2D eigenvalue weighted by Gasteiger charge is -2.18. The van der Waals surface area contributed by atoms with Gasteiger partial charge in [-0.15, -0.1) is 0 Å². The molecule has 0 fully saturated rings. The highest BCUT2D eigenvalue weighted by atomic mass is 19.1. The van der Waals surface area contributed by atoms with Gasteiger partial charge >= 0.3 is 0 Å². The van der Waals surface area contributed by atoms with Crippen molar-refractivity contribution in [3.05, 3.63) is 48.0 Å². The van der Waals surface area contributed by atoms with E-state index < -0.39 is 0 Å². The fraction of sp³-hybridized carbons (Fsp3) is 0.222. The smallest absolute Gasteiger partial charge is 0.128 e. The molecule has 0 aliphatic rings. The Bertz CT molecular complexity index is 1070. The van der Waals surface area contributed by atoms with Crippen LogP contribution in [-0.4, -0.2) is 45.1 Å². The maximum atomic E-state index is 13.7. The van der Waals surface area contributed by atoms with Crippen LogP contribution in [0.25, 0.3) is 27.6 Å². The largest absolute Gasteiger partial charge is 0.395 e. The van der Waals surface area contributed by atoms with Gasteiger partial charge in [0.2, 0.25) is 0 Å². The lowest BCUT2D eigenvalue weighted by Crippen LogP contribution is -2.22. The fourth-order valence-corrected chi connectivity index (χ4v) is 3.18. The van der Waals surface area contributed by atoms with Crippen LogP contribution in [0.4, 0.5) is 10.2 Å². The predicted molar refractivity (Wildman–Crippen MR) is 95.8 cm³/mol. The molecule has 7 heteroatoms. The molecule has 1 aromatic carbocycles. The van der Waals surface area contributed by atoms with Crippen molar-refractivity contribution in [1.29, 1.82) is 0 Å². The van der Waals surface area contributed by atoms with Crippen molar-refractivity contribution in [2.45, 2.75) is 6.92 Å². The molecule has 0 saturated heterocycles. The molecule has 3 heterocycles. The number of anilines is 1. The minimum absolute atomic E-state index is 0.0718. The molecule has 0 unspecified atom stereocenters. The van der Waals surface area contributed by atoms with E-state index in [0.717, 1.165) is 39.0 Å². The molecule has 4 rings (SSSR count). The zero-order chi connectivity index (χ0) is 17.6. The van der Waals surface area contributed by atoms with Crippen LogP contribution >= 0.6 is 0 Å². The number of aromatic amines is 1. The van der Waals surface area contributed by atoms with Crippen molar-refractivity contribution >= 4 is 27.8 Å². The van der Waals surface area contributed by atoms with E-state index in [9.17, 15) is 4.39 Å². The summed E-state index contributed by atoms with van der Waals surface area (Å²) in [6.45, 7) is 2.60. The van der Waals surface area contributed by atoms with Gasteiger partial charge in [-0.2, -0.15) is 5.10 Å². The monoisotopic (exact) mass is 339 g/mol. The van der Waals surface area contributed by atoms with E-state index in [1.54, 1.807) is 18.5 Å². The van der Waals surface area contributed by atoms with Crippen LogP contribution in [0.5, 0.6) is 0 Å². The van der Waals surface area contributed by atoms with Gasteiger partial charge in [-0.25, -0.2) is 9.37 Å². The Morgan fingerprint density at radius 2 is 2.08 bits per heavy atom. The van der Waals surface area contributed by atoms with Gasteiger partial charge in [-0.1, -0.05) is 0 Å². The van der Waals surface area contributed by atoms with Crippen molar-refractivity contribution in [1.82, 2.24) is 19.7 Å². The van der Waals surface area contributed by atoms with E-state index in [1.165, 1.54) is 12.1 Å². The first-order valence-corrected chi connectivity index (χ1v) is 8.02. The third-order valence-corrected chi connectivity index (χ3v) is 4.47. The zero-order valence-electron chi connectivity index (χ0n) is 14.0. The second-order valence-electron chi connectivity index (χ2n) is 6.10. The molecule has 0 aliphatic carbocycles. The highest BCUT2D eigenvalue weighted by molar-refractivity contribution is 6.06. The second kappa shape index (κ2) is 5.86. The molecule has 0 aliphatic heterocycles. The van der Waals surface area contributed by atoms with E-state index >= 15 is 0 Å². The average molecular weight is 339 g/mol. The van der Waals surface area contributed by atoms with E-state index in [2.05, 4.69) is 15.2 Å². The number of aromatic nitrogens is 4. The van der Waals surface area contributed by atoms with Gasteiger partial charge in [0.1, 0.15) is 11.6 Å². The second-order valence-corrected chi connectivity index (χ2v) is 6.10. The number of benzene rings is 1. The molecule has 0 amide bonds. The van der Waals surface area contributed by atoms with Gasteiger partial charge in [0, 0.05) is 19.0 Å². The number of aliphatic hydroxyl groups is 1. The maximum Gasteiger partial charge on any atom is 0.128 e. The van der Waals surface area contributed by atoms with E-state index in [0.29, 0.717) is 6.54 Å². The number of nitrogens with one attached hydrogen (secondary N) is 1. The Labute approximate surface area is 143 Å². The van der Waals surface area contributed by atoms with Crippen LogP contribution in [0.1, 0.15) is 5.56 Å². The number of aliphatic hydroxyl groups excluding tert-OH is 1. The molecular formula is C18H18FN5O. The summed E-state index contributed by atoms with van der Waals surface area (Å²) in [4.78, 5) is 6.42. The van der Waals surface area contributed by atoms with Gasteiger partial charge in [0.05, 0.1) is 41.2 Å². The molecule has 0 atom stereocenters. The summed E-state index contributed by atoms with van der Waals surface area (Å²) in [6.07, 6.45) is 3.53. The molecule has 4 aromatic rings. The van der Waals surface area contributed by atoms with Gasteiger partial charge in [0.15, 0.2) is 0 Å². The van der Waals surface area contributed by atoms with Crippen LogP contribution in [0, 0.1) is 12.7 Å². The number of H-pyrrole nitrogens is 1. The van der Waals surface area contributed by atoms with Gasteiger partial charge in [0.25, 0.3) is 0 Å². The minimum atomic E-state index is -0.281. The van der Waals surface area contributed by atoms with Crippen molar-refractivity contribution in [2.24, 2.45) is 0 Å². The molecule has 2 N–H and O–H groups in total. The van der Waals surface area contributed by atoms with Crippen LogP contribution < -0.4 is 4.90 Å². The number of hydrogen-bond donors (Lipinski definition) is 2. The quantitative estimate of drug-likeness (QED) is 0.600. The lowest BCUT2D eigenvalue weighted by molar-refractivity contribution is 0.304. The summed E-state index contributed by atoms with van der Waals surface area (Å²) in [7, 11) is 1.89. The Hall–Kier alpha value is -2.93. The summed E-state index contributed by atoms with van der Waals surface area (Å²) in [6, 6.07) is 6.71. The van der Waals surface area contributed by atoms with Gasteiger partial charge < -0.3 is 14.6 Å². The zero-order valence-corrected chi connectivity index (χ0v) is 14.0. The fourth-order valence-electron chi connectivity index (χ4n) is 3.18. The van der Waals surface area contributed by atoms with Crippen LogP contribution in [0.2, 0.25) is 0 Å². The number of nitrogens with zero attached hydrogens (tertiary/aromatic N) is 4. The number of aryl methyl sites for hydroxylation is 1. The summed E-state index contributed by atoms with van der Waals surface area (Å²) >= 11 is 0. The minimum Gasteiger partial charge on any atom is -0.395 e. The van der Waals surface area contributed by atoms with Gasteiger partial charge in [-0.05, 0) is 36.8 Å². The third-order valence-electron chi connectivity index (χ3n) is 4.47. The van der Waals surface area contributed by atoms with Gasteiger partial charge in [-0.3, -0.25) is 5.10 Å². The van der Waals surface area contributed by atoms with Crippen molar-refractivity contribution in [2.75, 3.05) is 25.1 Å². The Morgan fingerprint density at radius 1 is 1.24 bits per heavy atom. The molecule has 128 valence electrons. The lowest BCUT2D eigenvalue weighted by atomic mass is 10.2. The van der Waals surface area contributed by atoms with E-state index in [1.807, 2.05) is 29.5 Å². The Balaban J connectivity index is 1.93. The van der Waals surface area contributed by atoms with Crippen LogP contribution in [0.15, 0.2) is 36.7 Å². The van der Waals surface area contributed by atoms with Crippen molar-refractivity contribution in [3.63, 3.8) is 0 Å². The van der Waals surface area contributed by atoms with E-state index in [-0.39, 0.29) is 12.4 Å². The summed E-state index contributed by atoms with van der Waals surface area (Å²) in [5.74, 6) is 0.512. The standard InChI is InChI=1S/C18H18FN5O/c1-11-7-17(23(2)5-6-25)20-9-15(11)24-14-4-3-12(19)8-13(14)18-16(24)10-21-22-18/h3-4,7-10,25H,5-6H2,1-2H3,(H,21,22). The Morgan fingerprint density at radius 3 is 2.84 bits per heavy atom. The predicted octanol–water partition coefficient (Wildman–Crippen LogP) is 2.78. The maximum absolute atomic E-state index is 13.7. The molecule has 3 aromatic heterocycles. The molecule has 0 bridgehead atoms. The topological polar surface area (TPSA) is 70.0 Å². The molecule has 0 saturated carbocycles. The van der Waals surface area contributed by atoms with Crippen molar-refractivity contribution in [3.8, 4) is 5.69 Å². The summed E-state index contributed by atoms with van der Waals surface area (Å²) in [5, 5.41) is 16.9.